The predicted octanol–water partition coefficient (Wildman–Crippen LogP) is 5.58. The first-order chi connectivity index (χ1) is 14.1. The number of allylic oxidation sites excluding steroid dienone is 3. The first kappa shape index (κ1) is 23.7. The maximum Gasteiger partial charge on any atom is 0.307 e. The van der Waals surface area contributed by atoms with Crippen LogP contribution in [0.1, 0.15) is 59.8 Å². The lowest BCUT2D eigenvalue weighted by molar-refractivity contribution is -0.197. The number of hydrogen-bond donors (Lipinski definition) is 0. The van der Waals surface area contributed by atoms with Crippen LogP contribution in [0.5, 0.6) is 0 Å². The van der Waals surface area contributed by atoms with E-state index in [-0.39, 0.29) is 23.4 Å². The Kier molecular flexibility index (Phi) is 7.65. The molecule has 0 amide bonds. The monoisotopic (exact) mass is 436 g/mol. The van der Waals surface area contributed by atoms with Crippen molar-refractivity contribution in [3.8, 4) is 0 Å². The van der Waals surface area contributed by atoms with Gasteiger partial charge in [0.15, 0.2) is 14.6 Å². The summed E-state index contributed by atoms with van der Waals surface area (Å²) in [5, 5.41) is 0.194. The standard InChI is InChI=1S/C24H40O5Si/c1-17(25)26-12-10-18-13-19-15-22(29-23-9-7-8-11-27-23)21(20(19)14-18)16-28-30(5,6)24(2,3)4/h10,12-13,19-23H,7-9,11,14-16H2,1-6H3/b12-10+/t19-,20-,21+,22+,23?/m0/s1. The minimum absolute atomic E-state index is 0.0646. The third-order valence-corrected chi connectivity index (χ3v) is 11.9. The van der Waals surface area contributed by atoms with E-state index in [9.17, 15) is 4.79 Å². The molecule has 2 aliphatic carbocycles. The molecular formula is C24H40O5Si. The predicted molar refractivity (Wildman–Crippen MR) is 120 cm³/mol. The van der Waals surface area contributed by atoms with Crippen LogP contribution in [0.25, 0.3) is 0 Å². The summed E-state index contributed by atoms with van der Waals surface area (Å²) in [6.45, 7) is 14.5. The SMILES string of the molecule is CC(=O)O/C=C/C1=C[C@H]2C[C@@H](OC3CCCCO3)[C@H](CO[Si](C)(C)C(C)(C)C)[C@H]2C1. The van der Waals surface area contributed by atoms with E-state index in [0.29, 0.717) is 17.8 Å². The quantitative estimate of drug-likeness (QED) is 0.296. The van der Waals surface area contributed by atoms with Gasteiger partial charge in [-0.05, 0) is 73.7 Å². The number of fused-ring (bicyclic) bond motifs is 1. The van der Waals surface area contributed by atoms with Crippen LogP contribution >= 0.6 is 0 Å². The van der Waals surface area contributed by atoms with Gasteiger partial charge in [0.25, 0.3) is 0 Å². The highest BCUT2D eigenvalue weighted by Gasteiger charge is 2.48. The fourth-order valence-corrected chi connectivity index (χ4v) is 5.63. The van der Waals surface area contributed by atoms with Crippen molar-refractivity contribution in [3.05, 3.63) is 24.0 Å². The lowest BCUT2D eigenvalue weighted by Gasteiger charge is -2.38. The van der Waals surface area contributed by atoms with Crippen molar-refractivity contribution in [2.75, 3.05) is 13.2 Å². The van der Waals surface area contributed by atoms with Crippen LogP contribution in [0.2, 0.25) is 18.1 Å². The van der Waals surface area contributed by atoms with E-state index in [1.807, 2.05) is 6.08 Å². The Morgan fingerprint density at radius 1 is 1.30 bits per heavy atom. The molecule has 1 unspecified atom stereocenters. The molecule has 1 saturated heterocycles. The van der Waals surface area contributed by atoms with Gasteiger partial charge in [-0.2, -0.15) is 0 Å². The zero-order valence-corrected chi connectivity index (χ0v) is 20.6. The molecule has 30 heavy (non-hydrogen) atoms. The summed E-state index contributed by atoms with van der Waals surface area (Å²) in [5.74, 6) is 1.08. The van der Waals surface area contributed by atoms with Crippen molar-refractivity contribution in [2.45, 2.75) is 90.3 Å². The molecule has 170 valence electrons. The minimum Gasteiger partial charge on any atom is -0.435 e. The first-order valence-corrected chi connectivity index (χ1v) is 14.4. The molecule has 0 radical (unpaired) electrons. The highest BCUT2D eigenvalue weighted by molar-refractivity contribution is 6.74. The normalized spacial score (nSPS) is 32.3. The number of carbonyl (C=O) groups is 1. The maximum atomic E-state index is 11.0. The van der Waals surface area contributed by atoms with Gasteiger partial charge in [0.1, 0.15) is 0 Å². The van der Waals surface area contributed by atoms with E-state index in [2.05, 4.69) is 39.9 Å². The van der Waals surface area contributed by atoms with Crippen molar-refractivity contribution < 1.29 is 23.4 Å². The molecule has 3 rings (SSSR count). The molecule has 0 aromatic carbocycles. The van der Waals surface area contributed by atoms with Gasteiger partial charge in [-0.1, -0.05) is 26.8 Å². The summed E-state index contributed by atoms with van der Waals surface area (Å²) in [5.41, 5.74) is 1.25. The summed E-state index contributed by atoms with van der Waals surface area (Å²) >= 11 is 0. The Hall–Kier alpha value is -0.953. The number of esters is 1. The van der Waals surface area contributed by atoms with E-state index >= 15 is 0 Å². The fraction of sp³-hybridized carbons (Fsp3) is 0.792. The third kappa shape index (κ3) is 5.84. The van der Waals surface area contributed by atoms with Crippen molar-refractivity contribution in [1.82, 2.24) is 0 Å². The zero-order chi connectivity index (χ0) is 21.9. The molecular weight excluding hydrogens is 396 g/mol. The van der Waals surface area contributed by atoms with E-state index in [1.165, 1.54) is 25.2 Å². The number of carbonyl (C=O) groups excluding carboxylic acids is 1. The zero-order valence-electron chi connectivity index (χ0n) is 19.6. The van der Waals surface area contributed by atoms with Gasteiger partial charge in [-0.15, -0.1) is 0 Å². The molecule has 2 fully saturated rings. The van der Waals surface area contributed by atoms with Gasteiger partial charge in [0.05, 0.1) is 12.4 Å². The number of ether oxygens (including phenoxy) is 3. The molecule has 1 heterocycles. The first-order valence-electron chi connectivity index (χ1n) is 11.5. The summed E-state index contributed by atoms with van der Waals surface area (Å²) in [6.07, 6.45) is 11.2. The highest BCUT2D eigenvalue weighted by atomic mass is 28.4. The second-order valence-electron chi connectivity index (χ2n) is 10.6. The second kappa shape index (κ2) is 9.68. The topological polar surface area (TPSA) is 54.0 Å². The highest BCUT2D eigenvalue weighted by Crippen LogP contribution is 2.49. The van der Waals surface area contributed by atoms with Gasteiger partial charge in [-0.25, -0.2) is 0 Å². The van der Waals surface area contributed by atoms with E-state index in [0.717, 1.165) is 38.9 Å². The average Bonchev–Trinajstić information content (AvgIpc) is 3.17. The molecule has 1 aliphatic heterocycles. The summed E-state index contributed by atoms with van der Waals surface area (Å²) in [4.78, 5) is 11.0. The largest absolute Gasteiger partial charge is 0.435 e. The summed E-state index contributed by atoms with van der Waals surface area (Å²) in [6, 6.07) is 0. The molecule has 3 aliphatic rings. The third-order valence-electron chi connectivity index (χ3n) is 7.40. The Morgan fingerprint density at radius 2 is 2.07 bits per heavy atom. The van der Waals surface area contributed by atoms with Gasteiger partial charge in [-0.3, -0.25) is 4.79 Å². The molecule has 6 heteroatoms. The molecule has 0 aromatic rings. The van der Waals surface area contributed by atoms with E-state index < -0.39 is 8.32 Å². The Morgan fingerprint density at radius 3 is 2.70 bits per heavy atom. The van der Waals surface area contributed by atoms with Crippen molar-refractivity contribution in [3.63, 3.8) is 0 Å². The Labute approximate surface area is 183 Å². The number of hydrogen-bond acceptors (Lipinski definition) is 5. The van der Waals surface area contributed by atoms with Crippen molar-refractivity contribution in [2.24, 2.45) is 17.8 Å². The van der Waals surface area contributed by atoms with Crippen LogP contribution in [0.15, 0.2) is 24.0 Å². The van der Waals surface area contributed by atoms with Crippen LogP contribution in [0.3, 0.4) is 0 Å². The van der Waals surface area contributed by atoms with Crippen LogP contribution in [0, 0.1) is 17.8 Å². The van der Waals surface area contributed by atoms with Crippen LogP contribution in [0.4, 0.5) is 0 Å². The summed E-state index contributed by atoms with van der Waals surface area (Å²) in [7, 11) is -1.82. The summed E-state index contributed by atoms with van der Waals surface area (Å²) < 4.78 is 24.0. The molecule has 0 bridgehead atoms. The smallest absolute Gasteiger partial charge is 0.307 e. The van der Waals surface area contributed by atoms with Gasteiger partial charge >= 0.3 is 5.97 Å². The van der Waals surface area contributed by atoms with Crippen LogP contribution in [-0.4, -0.2) is 39.9 Å². The van der Waals surface area contributed by atoms with E-state index in [4.69, 9.17) is 18.6 Å². The molecule has 5 atom stereocenters. The number of rotatable bonds is 7. The lowest BCUT2D eigenvalue weighted by Crippen LogP contribution is -2.44. The molecule has 0 aromatic heterocycles. The second-order valence-corrected chi connectivity index (χ2v) is 15.4. The Bertz CT molecular complexity index is 657. The Balaban J connectivity index is 1.68. The van der Waals surface area contributed by atoms with E-state index in [1.54, 1.807) is 0 Å². The minimum atomic E-state index is -1.82. The fourth-order valence-electron chi connectivity index (χ4n) is 4.58. The molecule has 0 spiro atoms. The lowest BCUT2D eigenvalue weighted by atomic mass is 9.90. The van der Waals surface area contributed by atoms with Crippen LogP contribution in [-0.2, 0) is 23.4 Å². The van der Waals surface area contributed by atoms with Crippen LogP contribution < -0.4 is 0 Å². The van der Waals surface area contributed by atoms with Crippen molar-refractivity contribution >= 4 is 14.3 Å². The van der Waals surface area contributed by atoms with Gasteiger partial charge in [0.2, 0.25) is 0 Å². The van der Waals surface area contributed by atoms with Gasteiger partial charge in [0, 0.05) is 26.1 Å². The van der Waals surface area contributed by atoms with Gasteiger partial charge < -0.3 is 18.6 Å². The molecule has 5 nitrogen and oxygen atoms in total. The molecule has 0 N–H and O–H groups in total. The average molecular weight is 437 g/mol. The molecule has 1 saturated carbocycles. The maximum absolute atomic E-state index is 11.0. The van der Waals surface area contributed by atoms with Crippen molar-refractivity contribution in [1.29, 1.82) is 0 Å².